The number of nitrogens with one attached hydrogen (secondary N) is 1. The molecule has 0 spiro atoms. The summed E-state index contributed by atoms with van der Waals surface area (Å²) in [5.41, 5.74) is 2.37. The molecule has 6 heteroatoms. The Hall–Kier alpha value is -2.63. The number of hydrogen-bond donors (Lipinski definition) is 1. The van der Waals surface area contributed by atoms with E-state index in [2.05, 4.69) is 10.4 Å². The molecule has 0 atom stereocenters. The third-order valence-corrected chi connectivity index (χ3v) is 3.09. The first-order chi connectivity index (χ1) is 10.5. The predicted molar refractivity (Wildman–Crippen MR) is 83.0 cm³/mol. The molecule has 0 saturated heterocycles. The molecule has 0 bridgehead atoms. The monoisotopic (exact) mass is 301 g/mol. The van der Waals surface area contributed by atoms with E-state index in [0.717, 1.165) is 5.69 Å². The highest BCUT2D eigenvalue weighted by Gasteiger charge is 2.13. The lowest BCUT2D eigenvalue weighted by Gasteiger charge is -2.07. The second-order valence-electron chi connectivity index (χ2n) is 4.74. The van der Waals surface area contributed by atoms with Crippen LogP contribution in [0, 0.1) is 6.92 Å². The van der Waals surface area contributed by atoms with E-state index >= 15 is 0 Å². The number of aryl methyl sites for hydroxylation is 2. The van der Waals surface area contributed by atoms with E-state index in [0.29, 0.717) is 30.1 Å². The Morgan fingerprint density at radius 1 is 1.23 bits per heavy atom. The molecule has 2 aromatic rings. The number of nitrogens with zero attached hydrogens (tertiary/aromatic N) is 2. The number of anilines is 1. The van der Waals surface area contributed by atoms with E-state index in [-0.39, 0.29) is 11.9 Å². The minimum absolute atomic E-state index is 0.230. The molecule has 1 N–H and O–H groups in total. The molecule has 0 radical (unpaired) electrons. The largest absolute Gasteiger partial charge is 0.462 e. The fourth-order valence-electron chi connectivity index (χ4n) is 2.07. The van der Waals surface area contributed by atoms with Crippen molar-refractivity contribution in [3.05, 3.63) is 47.3 Å². The van der Waals surface area contributed by atoms with Gasteiger partial charge in [0.1, 0.15) is 5.69 Å². The molecular weight excluding hydrogens is 282 g/mol. The van der Waals surface area contributed by atoms with Gasteiger partial charge in [-0.05, 0) is 51.1 Å². The summed E-state index contributed by atoms with van der Waals surface area (Å²) >= 11 is 0. The van der Waals surface area contributed by atoms with Gasteiger partial charge in [0, 0.05) is 12.2 Å². The van der Waals surface area contributed by atoms with Crippen LogP contribution in [0.1, 0.15) is 40.4 Å². The van der Waals surface area contributed by atoms with Crippen LogP contribution < -0.4 is 5.32 Å². The standard InChI is InChI=1S/C16H19N3O3/c1-4-19-14(10-11(3)18-19)15(20)17-13-8-6-12(7-9-13)16(21)22-5-2/h6-10H,4-5H2,1-3H3,(H,17,20). The third-order valence-electron chi connectivity index (χ3n) is 3.09. The summed E-state index contributed by atoms with van der Waals surface area (Å²) in [6, 6.07) is 8.32. The van der Waals surface area contributed by atoms with E-state index in [1.54, 1.807) is 41.9 Å². The average Bonchev–Trinajstić information content (AvgIpc) is 2.89. The maximum absolute atomic E-state index is 12.3. The van der Waals surface area contributed by atoms with Gasteiger partial charge in [-0.1, -0.05) is 0 Å². The first-order valence-electron chi connectivity index (χ1n) is 7.18. The highest BCUT2D eigenvalue weighted by atomic mass is 16.5. The Morgan fingerprint density at radius 2 is 1.91 bits per heavy atom. The Morgan fingerprint density at radius 3 is 2.50 bits per heavy atom. The molecule has 0 fully saturated rings. The first-order valence-corrected chi connectivity index (χ1v) is 7.18. The van der Waals surface area contributed by atoms with Gasteiger partial charge in [-0.25, -0.2) is 4.79 Å². The lowest BCUT2D eigenvalue weighted by Crippen LogP contribution is -2.17. The molecule has 0 aliphatic heterocycles. The second kappa shape index (κ2) is 6.89. The first kappa shape index (κ1) is 15.8. The number of amides is 1. The van der Waals surface area contributed by atoms with Gasteiger partial charge in [-0.15, -0.1) is 0 Å². The highest BCUT2D eigenvalue weighted by molar-refractivity contribution is 6.03. The van der Waals surface area contributed by atoms with Crippen molar-refractivity contribution in [2.45, 2.75) is 27.3 Å². The maximum atomic E-state index is 12.3. The van der Waals surface area contributed by atoms with Crippen molar-refractivity contribution in [2.24, 2.45) is 0 Å². The van der Waals surface area contributed by atoms with E-state index in [1.807, 2.05) is 13.8 Å². The number of ether oxygens (including phenoxy) is 1. The lowest BCUT2D eigenvalue weighted by atomic mass is 10.2. The van der Waals surface area contributed by atoms with E-state index in [1.165, 1.54) is 0 Å². The average molecular weight is 301 g/mol. The Labute approximate surface area is 129 Å². The molecule has 22 heavy (non-hydrogen) atoms. The molecule has 0 saturated carbocycles. The normalized spacial score (nSPS) is 10.3. The van der Waals surface area contributed by atoms with Crippen LogP contribution in [0.5, 0.6) is 0 Å². The molecule has 6 nitrogen and oxygen atoms in total. The molecule has 0 aliphatic rings. The molecule has 0 unspecified atom stereocenters. The van der Waals surface area contributed by atoms with E-state index in [4.69, 9.17) is 4.74 Å². The van der Waals surface area contributed by atoms with E-state index in [9.17, 15) is 9.59 Å². The van der Waals surface area contributed by atoms with Crippen molar-refractivity contribution in [3.63, 3.8) is 0 Å². The van der Waals surface area contributed by atoms with Crippen LogP contribution in [-0.4, -0.2) is 28.3 Å². The van der Waals surface area contributed by atoms with Crippen LogP contribution in [0.15, 0.2) is 30.3 Å². The van der Waals surface area contributed by atoms with Gasteiger partial charge in [0.05, 0.1) is 17.9 Å². The van der Waals surface area contributed by atoms with Gasteiger partial charge in [0.2, 0.25) is 0 Å². The Kier molecular flexibility index (Phi) is 4.93. The van der Waals surface area contributed by atoms with Crippen molar-refractivity contribution in [1.29, 1.82) is 0 Å². The van der Waals surface area contributed by atoms with Crippen LogP contribution in [0.3, 0.4) is 0 Å². The number of esters is 1. The molecule has 1 heterocycles. The minimum atomic E-state index is -0.375. The lowest BCUT2D eigenvalue weighted by molar-refractivity contribution is 0.0526. The molecule has 2 rings (SSSR count). The zero-order valence-electron chi connectivity index (χ0n) is 12.9. The van der Waals surface area contributed by atoms with Gasteiger partial charge in [-0.3, -0.25) is 9.48 Å². The maximum Gasteiger partial charge on any atom is 0.338 e. The van der Waals surface area contributed by atoms with Crippen molar-refractivity contribution >= 4 is 17.6 Å². The summed E-state index contributed by atoms with van der Waals surface area (Å²) in [6.07, 6.45) is 0. The summed E-state index contributed by atoms with van der Waals surface area (Å²) in [5, 5.41) is 7.04. The number of hydrogen-bond acceptors (Lipinski definition) is 4. The van der Waals surface area contributed by atoms with E-state index < -0.39 is 0 Å². The van der Waals surface area contributed by atoms with Gasteiger partial charge in [0.25, 0.3) is 5.91 Å². The molecule has 1 aromatic carbocycles. The van der Waals surface area contributed by atoms with Crippen LogP contribution in [0.2, 0.25) is 0 Å². The molecule has 116 valence electrons. The number of benzene rings is 1. The van der Waals surface area contributed by atoms with Gasteiger partial charge in [-0.2, -0.15) is 5.10 Å². The van der Waals surface area contributed by atoms with Crippen LogP contribution in [0.25, 0.3) is 0 Å². The molecule has 1 amide bonds. The fraction of sp³-hybridized carbons (Fsp3) is 0.312. The minimum Gasteiger partial charge on any atom is -0.462 e. The molecule has 0 aliphatic carbocycles. The van der Waals surface area contributed by atoms with Crippen molar-refractivity contribution in [2.75, 3.05) is 11.9 Å². The van der Waals surface area contributed by atoms with Gasteiger partial charge < -0.3 is 10.1 Å². The van der Waals surface area contributed by atoms with Crippen molar-refractivity contribution < 1.29 is 14.3 Å². The van der Waals surface area contributed by atoms with Gasteiger partial charge >= 0.3 is 5.97 Å². The Bertz CT molecular complexity index is 674. The van der Waals surface area contributed by atoms with Crippen LogP contribution in [0.4, 0.5) is 5.69 Å². The zero-order chi connectivity index (χ0) is 16.1. The highest BCUT2D eigenvalue weighted by Crippen LogP contribution is 2.13. The quantitative estimate of drug-likeness (QED) is 0.862. The van der Waals surface area contributed by atoms with Gasteiger partial charge in [0.15, 0.2) is 0 Å². The number of carbonyl (C=O) groups excluding carboxylic acids is 2. The summed E-state index contributed by atoms with van der Waals surface area (Å²) in [6.45, 7) is 6.48. The molecule has 1 aromatic heterocycles. The fourth-order valence-corrected chi connectivity index (χ4v) is 2.07. The summed E-state index contributed by atoms with van der Waals surface area (Å²) in [5.74, 6) is -0.605. The second-order valence-corrected chi connectivity index (χ2v) is 4.74. The van der Waals surface area contributed by atoms with Crippen LogP contribution in [-0.2, 0) is 11.3 Å². The number of carbonyl (C=O) groups is 2. The van der Waals surface area contributed by atoms with Crippen molar-refractivity contribution in [1.82, 2.24) is 9.78 Å². The zero-order valence-corrected chi connectivity index (χ0v) is 12.9. The predicted octanol–water partition coefficient (Wildman–Crippen LogP) is 2.64. The Balaban J connectivity index is 2.10. The summed E-state index contributed by atoms with van der Waals surface area (Å²) < 4.78 is 6.56. The topological polar surface area (TPSA) is 73.2 Å². The third kappa shape index (κ3) is 3.52. The SMILES string of the molecule is CCOC(=O)c1ccc(NC(=O)c2cc(C)nn2CC)cc1. The number of aromatic nitrogens is 2. The summed E-state index contributed by atoms with van der Waals surface area (Å²) in [4.78, 5) is 23.8. The number of rotatable bonds is 5. The summed E-state index contributed by atoms with van der Waals surface area (Å²) in [7, 11) is 0. The smallest absolute Gasteiger partial charge is 0.338 e. The van der Waals surface area contributed by atoms with Crippen molar-refractivity contribution in [3.8, 4) is 0 Å². The van der Waals surface area contributed by atoms with Crippen LogP contribution >= 0.6 is 0 Å². The molecular formula is C16H19N3O3.